The molecular formula is C24H40N2O4. The van der Waals surface area contributed by atoms with Crippen molar-refractivity contribution in [2.45, 2.75) is 114 Å². The van der Waals surface area contributed by atoms with Crippen molar-refractivity contribution >= 4 is 11.8 Å². The van der Waals surface area contributed by atoms with E-state index < -0.39 is 0 Å². The first-order valence-corrected chi connectivity index (χ1v) is 12.5. The minimum absolute atomic E-state index is 0.327. The normalized spacial score (nSPS) is 30.9. The van der Waals surface area contributed by atoms with Gasteiger partial charge < -0.3 is 19.3 Å². The molecule has 0 aliphatic carbocycles. The molecule has 0 aromatic rings. The lowest BCUT2D eigenvalue weighted by Gasteiger charge is -2.45. The van der Waals surface area contributed by atoms with Gasteiger partial charge in [-0.05, 0) is 51.4 Å². The summed E-state index contributed by atoms with van der Waals surface area (Å²) in [4.78, 5) is 29.7. The minimum atomic E-state index is 0.327. The third kappa shape index (κ3) is 5.37. The van der Waals surface area contributed by atoms with E-state index >= 15 is 0 Å². The first-order valence-electron chi connectivity index (χ1n) is 12.5. The average molecular weight is 421 g/mol. The molecule has 6 heteroatoms. The molecule has 170 valence electrons. The van der Waals surface area contributed by atoms with E-state index in [0.717, 1.165) is 77.8 Å². The number of hydrogen-bond acceptors (Lipinski definition) is 4. The Morgan fingerprint density at radius 1 is 0.567 bits per heavy atom. The van der Waals surface area contributed by atoms with Crippen molar-refractivity contribution in [2.75, 3.05) is 26.4 Å². The highest BCUT2D eigenvalue weighted by molar-refractivity contribution is 5.77. The van der Waals surface area contributed by atoms with Gasteiger partial charge in [-0.15, -0.1) is 0 Å². The van der Waals surface area contributed by atoms with Crippen LogP contribution < -0.4 is 0 Å². The van der Waals surface area contributed by atoms with E-state index in [9.17, 15) is 9.59 Å². The lowest BCUT2D eigenvalue weighted by molar-refractivity contribution is -0.151. The minimum Gasteiger partial charge on any atom is -0.377 e. The molecule has 0 aromatic heterocycles. The van der Waals surface area contributed by atoms with E-state index in [1.54, 1.807) is 0 Å². The Hall–Kier alpha value is -1.14. The van der Waals surface area contributed by atoms with Gasteiger partial charge in [0.15, 0.2) is 0 Å². The average Bonchev–Trinajstić information content (AvgIpc) is 2.74. The molecule has 4 bridgehead atoms. The Labute approximate surface area is 181 Å². The maximum absolute atomic E-state index is 12.7. The second-order valence-corrected chi connectivity index (χ2v) is 9.78. The number of nitrogens with zero attached hydrogens (tertiary/aromatic N) is 2. The van der Waals surface area contributed by atoms with Crippen molar-refractivity contribution in [3.05, 3.63) is 0 Å². The lowest BCUT2D eigenvalue weighted by Crippen LogP contribution is -2.57. The van der Waals surface area contributed by atoms with E-state index in [2.05, 4.69) is 9.80 Å². The molecule has 4 saturated heterocycles. The standard InChI is InChI=1S/C24H40N2O4/c27-23(25-19-9-7-10-20(25)16-29-15-19)13-5-3-1-2-4-6-14-24(28)26-21-11-8-12-22(26)18-30-17-21/h19-22H,1-18H2. The fourth-order valence-electron chi connectivity index (χ4n) is 6.00. The number of fused-ring (bicyclic) bond motifs is 4. The van der Waals surface area contributed by atoms with Crippen molar-refractivity contribution < 1.29 is 19.1 Å². The predicted octanol–water partition coefficient (Wildman–Crippen LogP) is 3.67. The number of carbonyl (C=O) groups is 2. The van der Waals surface area contributed by atoms with Gasteiger partial charge in [0.05, 0.1) is 50.6 Å². The largest absolute Gasteiger partial charge is 0.377 e. The summed E-state index contributed by atoms with van der Waals surface area (Å²) in [6.45, 7) is 2.92. The number of hydrogen-bond donors (Lipinski definition) is 0. The van der Waals surface area contributed by atoms with Gasteiger partial charge in [-0.2, -0.15) is 0 Å². The zero-order valence-electron chi connectivity index (χ0n) is 18.6. The van der Waals surface area contributed by atoms with Gasteiger partial charge in [-0.25, -0.2) is 0 Å². The molecule has 4 fully saturated rings. The molecule has 4 rings (SSSR count). The summed E-state index contributed by atoms with van der Waals surface area (Å²) in [5.74, 6) is 0.685. The zero-order valence-corrected chi connectivity index (χ0v) is 18.6. The maximum Gasteiger partial charge on any atom is 0.223 e. The molecule has 4 aliphatic rings. The van der Waals surface area contributed by atoms with Crippen molar-refractivity contribution in [3.8, 4) is 0 Å². The van der Waals surface area contributed by atoms with Crippen LogP contribution >= 0.6 is 0 Å². The summed E-state index contributed by atoms with van der Waals surface area (Å²) in [6, 6.07) is 1.31. The molecule has 4 atom stereocenters. The van der Waals surface area contributed by atoms with Crippen LogP contribution in [0.5, 0.6) is 0 Å². The summed E-state index contributed by atoms with van der Waals surface area (Å²) >= 11 is 0. The van der Waals surface area contributed by atoms with Crippen LogP contribution in [-0.2, 0) is 19.1 Å². The SMILES string of the molecule is O=C(CCCCCCCCC(=O)N1C2CCCC1COC2)N1C2CCCC1COC2. The Balaban J connectivity index is 1.05. The monoisotopic (exact) mass is 420 g/mol. The van der Waals surface area contributed by atoms with Crippen LogP contribution in [0.3, 0.4) is 0 Å². The Morgan fingerprint density at radius 2 is 0.900 bits per heavy atom. The molecule has 0 radical (unpaired) electrons. The Bertz CT molecular complexity index is 490. The molecule has 0 saturated carbocycles. The highest BCUT2D eigenvalue weighted by Gasteiger charge is 2.38. The maximum atomic E-state index is 12.7. The van der Waals surface area contributed by atoms with Crippen LogP contribution in [0.1, 0.15) is 89.9 Å². The molecule has 4 aliphatic heterocycles. The summed E-state index contributed by atoms with van der Waals surface area (Å²) in [5.41, 5.74) is 0. The van der Waals surface area contributed by atoms with Crippen LogP contribution in [0, 0.1) is 0 Å². The molecule has 0 N–H and O–H groups in total. The van der Waals surface area contributed by atoms with Crippen molar-refractivity contribution in [3.63, 3.8) is 0 Å². The van der Waals surface area contributed by atoms with E-state index in [0.29, 0.717) is 48.8 Å². The Morgan fingerprint density at radius 3 is 1.27 bits per heavy atom. The van der Waals surface area contributed by atoms with Gasteiger partial charge in [-0.3, -0.25) is 9.59 Å². The fourth-order valence-corrected chi connectivity index (χ4v) is 6.00. The van der Waals surface area contributed by atoms with Gasteiger partial charge in [0.25, 0.3) is 0 Å². The number of carbonyl (C=O) groups excluding carboxylic acids is 2. The quantitative estimate of drug-likeness (QED) is 0.534. The first-order chi connectivity index (χ1) is 14.7. The molecule has 0 spiro atoms. The number of unbranched alkanes of at least 4 members (excludes halogenated alkanes) is 5. The molecule has 6 nitrogen and oxygen atoms in total. The zero-order chi connectivity index (χ0) is 20.8. The predicted molar refractivity (Wildman–Crippen MR) is 115 cm³/mol. The highest BCUT2D eigenvalue weighted by atomic mass is 16.5. The smallest absolute Gasteiger partial charge is 0.223 e. The van der Waals surface area contributed by atoms with Gasteiger partial charge in [0.2, 0.25) is 11.8 Å². The second-order valence-electron chi connectivity index (χ2n) is 9.78. The van der Waals surface area contributed by atoms with E-state index in [1.165, 1.54) is 25.7 Å². The second kappa shape index (κ2) is 10.9. The molecule has 4 unspecified atom stereocenters. The molecule has 4 heterocycles. The molecule has 30 heavy (non-hydrogen) atoms. The topological polar surface area (TPSA) is 59.1 Å². The summed E-state index contributed by atoms with van der Waals surface area (Å²) in [7, 11) is 0. The highest BCUT2D eigenvalue weighted by Crippen LogP contribution is 2.29. The number of ether oxygens (including phenoxy) is 2. The van der Waals surface area contributed by atoms with Crippen LogP contribution in [0.25, 0.3) is 0 Å². The third-order valence-corrected chi connectivity index (χ3v) is 7.57. The molecular weight excluding hydrogens is 380 g/mol. The summed E-state index contributed by atoms with van der Waals surface area (Å²) in [5, 5.41) is 0. The summed E-state index contributed by atoms with van der Waals surface area (Å²) in [6.07, 6.45) is 14.8. The van der Waals surface area contributed by atoms with Crippen LogP contribution in [0.2, 0.25) is 0 Å². The number of amides is 2. The lowest BCUT2D eigenvalue weighted by atomic mass is 9.93. The number of rotatable bonds is 9. The first kappa shape index (κ1) is 22.1. The number of morpholine rings is 2. The molecule has 0 aromatic carbocycles. The van der Waals surface area contributed by atoms with E-state index in [-0.39, 0.29) is 0 Å². The van der Waals surface area contributed by atoms with Crippen LogP contribution in [0.4, 0.5) is 0 Å². The van der Waals surface area contributed by atoms with E-state index in [1.807, 2.05) is 0 Å². The van der Waals surface area contributed by atoms with Crippen molar-refractivity contribution in [1.29, 1.82) is 0 Å². The van der Waals surface area contributed by atoms with Crippen molar-refractivity contribution in [2.24, 2.45) is 0 Å². The van der Waals surface area contributed by atoms with Gasteiger partial charge in [0, 0.05) is 12.8 Å². The molecule has 2 amide bonds. The van der Waals surface area contributed by atoms with Gasteiger partial charge in [-0.1, -0.05) is 25.7 Å². The van der Waals surface area contributed by atoms with Crippen molar-refractivity contribution in [1.82, 2.24) is 9.80 Å². The fraction of sp³-hybridized carbons (Fsp3) is 0.917. The van der Waals surface area contributed by atoms with Gasteiger partial charge in [0.1, 0.15) is 0 Å². The number of piperidine rings is 2. The van der Waals surface area contributed by atoms with Crippen LogP contribution in [-0.4, -0.2) is 72.2 Å². The summed E-state index contributed by atoms with van der Waals surface area (Å²) < 4.78 is 11.3. The Kier molecular flexibility index (Phi) is 8.05. The van der Waals surface area contributed by atoms with Gasteiger partial charge >= 0.3 is 0 Å². The van der Waals surface area contributed by atoms with E-state index in [4.69, 9.17) is 9.47 Å². The van der Waals surface area contributed by atoms with Crippen LogP contribution in [0.15, 0.2) is 0 Å². The third-order valence-electron chi connectivity index (χ3n) is 7.57.